The van der Waals surface area contributed by atoms with Gasteiger partial charge in [0.05, 0.1) is 29.7 Å². The van der Waals surface area contributed by atoms with Crippen molar-refractivity contribution in [2.45, 2.75) is 25.7 Å². The average Bonchev–Trinajstić information content (AvgIpc) is 3.45. The lowest BCUT2D eigenvalue weighted by molar-refractivity contribution is -0.135. The summed E-state index contributed by atoms with van der Waals surface area (Å²) in [6, 6.07) is 0. The summed E-state index contributed by atoms with van der Waals surface area (Å²) in [4.78, 5) is 37.2. The van der Waals surface area contributed by atoms with Gasteiger partial charge in [0.2, 0.25) is 0 Å². The van der Waals surface area contributed by atoms with Gasteiger partial charge in [-0.15, -0.1) is 0 Å². The summed E-state index contributed by atoms with van der Waals surface area (Å²) in [7, 11) is 3.11. The highest BCUT2D eigenvalue weighted by atomic mass is 16.5. The topological polar surface area (TPSA) is 91.6 Å². The van der Waals surface area contributed by atoms with E-state index < -0.39 is 0 Å². The fourth-order valence-electron chi connectivity index (χ4n) is 4.59. The number of imide groups is 1. The first kappa shape index (κ1) is 20.3. The van der Waals surface area contributed by atoms with Gasteiger partial charge >= 0.3 is 0 Å². The van der Waals surface area contributed by atoms with Crippen LogP contribution in [0.15, 0.2) is 91.5 Å². The zero-order valence-electron chi connectivity index (χ0n) is 18.0. The molecule has 1 N–H and O–H groups in total. The molecule has 32 heavy (non-hydrogen) atoms. The molecule has 5 rings (SSSR count). The number of fused-ring (bicyclic) bond motifs is 2. The molecule has 0 unspecified atom stereocenters. The number of allylic oxidation sites excluding steroid dienone is 8. The molecule has 2 amide bonds. The van der Waals surface area contributed by atoms with Crippen molar-refractivity contribution in [3.8, 4) is 0 Å². The minimum Gasteiger partial charge on any atom is -0.497 e. The minimum atomic E-state index is -0.353. The summed E-state index contributed by atoms with van der Waals surface area (Å²) in [6.45, 7) is 0.0164. The number of hydrogen-bond acceptors (Lipinski definition) is 6. The Bertz CT molecular complexity index is 1230. The predicted molar refractivity (Wildman–Crippen MR) is 121 cm³/mol. The van der Waals surface area contributed by atoms with E-state index in [4.69, 9.17) is 9.73 Å². The quantitative estimate of drug-likeness (QED) is 0.658. The van der Waals surface area contributed by atoms with Crippen LogP contribution in [0.25, 0.3) is 0 Å². The highest BCUT2D eigenvalue weighted by Gasteiger charge is 2.44. The fourth-order valence-corrected chi connectivity index (χ4v) is 4.59. The molecule has 162 valence electrons. The maximum atomic E-state index is 13.4. The lowest BCUT2D eigenvalue weighted by Crippen LogP contribution is -2.27. The van der Waals surface area contributed by atoms with Crippen LogP contribution in [-0.2, 0) is 14.3 Å². The van der Waals surface area contributed by atoms with Crippen LogP contribution < -0.4 is 0 Å². The van der Waals surface area contributed by atoms with Gasteiger partial charge in [0.1, 0.15) is 5.76 Å². The van der Waals surface area contributed by atoms with Crippen molar-refractivity contribution in [1.29, 1.82) is 0 Å². The van der Waals surface area contributed by atoms with Crippen LogP contribution in [0.4, 0.5) is 0 Å². The molecule has 3 aliphatic heterocycles. The second-order valence-corrected chi connectivity index (χ2v) is 8.03. The molecule has 0 aromatic carbocycles. The van der Waals surface area contributed by atoms with E-state index in [0.29, 0.717) is 59.4 Å². The van der Waals surface area contributed by atoms with Crippen molar-refractivity contribution in [2.24, 2.45) is 9.98 Å². The monoisotopic (exact) mass is 429 g/mol. The third-order valence-corrected chi connectivity index (χ3v) is 6.20. The first-order valence-electron chi connectivity index (χ1n) is 10.6. The van der Waals surface area contributed by atoms with E-state index in [2.05, 4.69) is 4.99 Å². The molecule has 0 aromatic rings. The second-order valence-electron chi connectivity index (χ2n) is 8.03. The van der Waals surface area contributed by atoms with E-state index in [1.807, 2.05) is 30.4 Å². The lowest BCUT2D eigenvalue weighted by atomic mass is 9.84. The minimum absolute atomic E-state index is 0.0164. The average molecular weight is 429 g/mol. The van der Waals surface area contributed by atoms with Crippen molar-refractivity contribution >= 4 is 23.2 Å². The van der Waals surface area contributed by atoms with Crippen molar-refractivity contribution in [1.82, 2.24) is 4.90 Å². The van der Waals surface area contributed by atoms with Gasteiger partial charge in [-0.2, -0.15) is 0 Å². The number of aliphatic hydroxyl groups excluding tert-OH is 1. The third kappa shape index (κ3) is 3.00. The van der Waals surface area contributed by atoms with Crippen LogP contribution in [0, 0.1) is 0 Å². The number of methoxy groups -OCH3 is 1. The number of amides is 2. The third-order valence-electron chi connectivity index (χ3n) is 6.20. The van der Waals surface area contributed by atoms with Gasteiger partial charge in [0.25, 0.3) is 11.8 Å². The van der Waals surface area contributed by atoms with Gasteiger partial charge in [-0.1, -0.05) is 18.2 Å². The number of aliphatic imine (C=N–C) groups is 2. The van der Waals surface area contributed by atoms with E-state index in [1.165, 1.54) is 7.05 Å². The van der Waals surface area contributed by atoms with Gasteiger partial charge < -0.3 is 9.84 Å². The molecular formula is C25H23N3O4. The smallest absolute Gasteiger partial charge is 0.262 e. The number of nitrogens with zero attached hydrogens (tertiary/aromatic N) is 3. The summed E-state index contributed by atoms with van der Waals surface area (Å²) in [6.07, 6.45) is 13.7. The molecule has 7 heteroatoms. The molecule has 0 saturated heterocycles. The standard InChI is InChI=1S/C25H23N3O4/c1-28-24(30)22(17-13-26-18-7-4-3-6-15(17)18)23(25(28)31)21-16-12-14(32-2)9-10-19(16)27-20(21)8-5-11-29/h3-4,6,9,12-13,29H,5,7-8,10-11H2,1-2H3. The van der Waals surface area contributed by atoms with Gasteiger partial charge in [-0.3, -0.25) is 24.5 Å². The van der Waals surface area contributed by atoms with Crippen molar-refractivity contribution in [3.05, 3.63) is 81.5 Å². The van der Waals surface area contributed by atoms with E-state index in [9.17, 15) is 14.7 Å². The largest absolute Gasteiger partial charge is 0.497 e. The van der Waals surface area contributed by atoms with E-state index >= 15 is 0 Å². The Morgan fingerprint density at radius 2 is 1.88 bits per heavy atom. The predicted octanol–water partition coefficient (Wildman–Crippen LogP) is 2.85. The van der Waals surface area contributed by atoms with Gasteiger partial charge in [0.15, 0.2) is 0 Å². The molecule has 0 radical (unpaired) electrons. The number of hydrogen-bond donors (Lipinski definition) is 1. The fraction of sp³-hybridized carbons (Fsp3) is 0.280. The van der Waals surface area contributed by atoms with Crippen LogP contribution in [0.3, 0.4) is 0 Å². The zero-order chi connectivity index (χ0) is 22.4. The first-order valence-corrected chi connectivity index (χ1v) is 10.6. The molecule has 0 saturated carbocycles. The molecule has 3 heterocycles. The second kappa shape index (κ2) is 7.84. The number of likely N-dealkylation sites (N-methyl/N-ethyl adjacent to an activating group) is 1. The number of carbonyl (C=O) groups is 2. The van der Waals surface area contributed by atoms with Crippen LogP contribution in [0.2, 0.25) is 0 Å². The summed E-state index contributed by atoms with van der Waals surface area (Å²) in [5.41, 5.74) is 6.18. The van der Waals surface area contributed by atoms with E-state index in [1.54, 1.807) is 13.3 Å². The highest BCUT2D eigenvalue weighted by Crippen LogP contribution is 2.44. The van der Waals surface area contributed by atoms with E-state index in [0.717, 1.165) is 27.5 Å². The van der Waals surface area contributed by atoms with Crippen LogP contribution in [0.1, 0.15) is 25.7 Å². The van der Waals surface area contributed by atoms with Crippen LogP contribution >= 0.6 is 0 Å². The molecule has 0 aromatic heterocycles. The van der Waals surface area contributed by atoms with Gasteiger partial charge in [-0.25, -0.2) is 0 Å². The maximum Gasteiger partial charge on any atom is 0.262 e. The Labute approximate surface area is 185 Å². The van der Waals surface area contributed by atoms with Crippen LogP contribution in [-0.4, -0.2) is 54.0 Å². The van der Waals surface area contributed by atoms with E-state index in [-0.39, 0.29) is 18.4 Å². The molecule has 7 nitrogen and oxygen atoms in total. The normalized spacial score (nSPS) is 21.9. The maximum absolute atomic E-state index is 13.4. The SMILES string of the molecule is COC1=CCC2=NC(CCCO)=C(C3=C(C4=CN=C5CC=CC=C45)C(=O)N(C)C3=O)C2=C1. The Kier molecular flexibility index (Phi) is 4.98. The highest BCUT2D eigenvalue weighted by molar-refractivity contribution is 6.28. The summed E-state index contributed by atoms with van der Waals surface area (Å²) in [5.74, 6) is -0.00356. The number of ether oxygens (including phenoxy) is 1. The Morgan fingerprint density at radius 1 is 1.06 bits per heavy atom. The molecule has 2 aliphatic carbocycles. The van der Waals surface area contributed by atoms with Crippen molar-refractivity contribution in [2.75, 3.05) is 20.8 Å². The van der Waals surface area contributed by atoms with Gasteiger partial charge in [0, 0.05) is 60.7 Å². The molecule has 5 aliphatic rings. The Hall–Kier alpha value is -3.58. The molecular weight excluding hydrogens is 406 g/mol. The Balaban J connectivity index is 1.71. The van der Waals surface area contributed by atoms with Crippen molar-refractivity contribution in [3.63, 3.8) is 0 Å². The molecule has 0 fully saturated rings. The zero-order valence-corrected chi connectivity index (χ0v) is 18.0. The molecule has 0 spiro atoms. The van der Waals surface area contributed by atoms with Gasteiger partial charge in [-0.05, 0) is 25.0 Å². The molecule has 0 atom stereocenters. The first-order chi connectivity index (χ1) is 15.5. The lowest BCUT2D eigenvalue weighted by Gasteiger charge is -2.16. The van der Waals surface area contributed by atoms with Crippen molar-refractivity contribution < 1.29 is 19.4 Å². The number of carbonyl (C=O) groups excluding carboxylic acids is 2. The summed E-state index contributed by atoms with van der Waals surface area (Å²) < 4.78 is 5.44. The number of rotatable bonds is 6. The number of aliphatic hydroxyl groups is 1. The summed E-state index contributed by atoms with van der Waals surface area (Å²) in [5, 5.41) is 9.41. The van der Waals surface area contributed by atoms with Crippen LogP contribution in [0.5, 0.6) is 0 Å². The molecule has 0 bridgehead atoms. The summed E-state index contributed by atoms with van der Waals surface area (Å²) >= 11 is 0. The Morgan fingerprint density at radius 3 is 2.66 bits per heavy atom.